The molecule has 3 nitrogen and oxygen atoms in total. The van der Waals surface area contributed by atoms with E-state index in [1.54, 1.807) is 0 Å². The molecule has 16 heavy (non-hydrogen) atoms. The Labute approximate surface area is 101 Å². The number of hydrogen-bond donors (Lipinski definition) is 2. The highest BCUT2D eigenvalue weighted by molar-refractivity contribution is 4.65. The lowest BCUT2D eigenvalue weighted by molar-refractivity contribution is 0.137. The molecule has 0 aliphatic carbocycles. The molecule has 1 saturated heterocycles. The second-order valence-corrected chi connectivity index (χ2v) is 5.00. The van der Waals surface area contributed by atoms with Crippen LogP contribution in [0.5, 0.6) is 0 Å². The smallest absolute Gasteiger partial charge is 0.0564 e. The Morgan fingerprint density at radius 2 is 1.56 bits per heavy atom. The van der Waals surface area contributed by atoms with Gasteiger partial charge in [0.1, 0.15) is 0 Å². The first kappa shape index (κ1) is 15.9. The molecule has 1 heterocycles. The van der Waals surface area contributed by atoms with Gasteiger partial charge < -0.3 is 10.4 Å². The molecule has 0 radical (unpaired) electrons. The molecule has 0 unspecified atom stereocenters. The van der Waals surface area contributed by atoms with E-state index in [1.807, 2.05) is 0 Å². The molecule has 98 valence electrons. The van der Waals surface area contributed by atoms with Crippen molar-refractivity contribution in [1.29, 1.82) is 0 Å². The third-order valence-electron chi connectivity index (χ3n) is 3.00. The largest absolute Gasteiger partial charge is 0.393 e. The summed E-state index contributed by atoms with van der Waals surface area (Å²) in [6.07, 6.45) is 1.83. The van der Waals surface area contributed by atoms with Crippen molar-refractivity contribution in [3.8, 4) is 0 Å². The molecule has 1 aliphatic heterocycles. The van der Waals surface area contributed by atoms with Crippen molar-refractivity contribution >= 4 is 0 Å². The minimum absolute atomic E-state index is 0.0266. The molecule has 0 aromatic rings. The monoisotopic (exact) mass is 230 g/mol. The van der Waals surface area contributed by atoms with Gasteiger partial charge in [0.25, 0.3) is 0 Å². The molecule has 2 N–H and O–H groups in total. The first-order chi connectivity index (χ1) is 7.49. The lowest BCUT2D eigenvalue weighted by Gasteiger charge is -2.28. The predicted molar refractivity (Wildman–Crippen MR) is 70.8 cm³/mol. The SMILES string of the molecule is CCN(C(C)C)C(C)C.OC1CCNCC1. The van der Waals surface area contributed by atoms with Gasteiger partial charge in [0.15, 0.2) is 0 Å². The van der Waals surface area contributed by atoms with E-state index in [-0.39, 0.29) is 6.10 Å². The van der Waals surface area contributed by atoms with Crippen LogP contribution in [-0.4, -0.2) is 47.8 Å². The Bertz CT molecular complexity index is 146. The number of aliphatic hydroxyl groups excluding tert-OH is 1. The lowest BCUT2D eigenvalue weighted by Crippen LogP contribution is -2.36. The molecule has 1 aliphatic rings. The summed E-state index contributed by atoms with van der Waals surface area (Å²) in [6, 6.07) is 1.38. The third kappa shape index (κ3) is 7.20. The van der Waals surface area contributed by atoms with Crippen molar-refractivity contribution in [3.05, 3.63) is 0 Å². The molecule has 1 rings (SSSR count). The quantitative estimate of drug-likeness (QED) is 0.777. The zero-order chi connectivity index (χ0) is 12.6. The van der Waals surface area contributed by atoms with E-state index >= 15 is 0 Å². The van der Waals surface area contributed by atoms with Crippen LogP contribution in [0.1, 0.15) is 47.5 Å². The van der Waals surface area contributed by atoms with Crippen molar-refractivity contribution in [2.45, 2.75) is 65.6 Å². The van der Waals surface area contributed by atoms with Crippen LogP contribution in [0.25, 0.3) is 0 Å². The standard InChI is InChI=1S/C8H19N.C5H11NO/c1-6-9(7(2)3)8(4)5;7-5-1-3-6-4-2-5/h7-8H,6H2,1-5H3;5-7H,1-4H2. The van der Waals surface area contributed by atoms with Gasteiger partial charge >= 0.3 is 0 Å². The minimum atomic E-state index is -0.0266. The summed E-state index contributed by atoms with van der Waals surface area (Å²) in [7, 11) is 0. The van der Waals surface area contributed by atoms with Gasteiger partial charge in [-0.3, -0.25) is 4.90 Å². The maximum absolute atomic E-state index is 8.87. The van der Waals surface area contributed by atoms with Crippen LogP contribution in [0, 0.1) is 0 Å². The lowest BCUT2D eigenvalue weighted by atomic mass is 10.1. The van der Waals surface area contributed by atoms with E-state index in [0.717, 1.165) is 32.5 Å². The molecule has 3 heteroatoms. The number of hydrogen-bond acceptors (Lipinski definition) is 3. The summed E-state index contributed by atoms with van der Waals surface area (Å²) in [5.74, 6) is 0. The summed E-state index contributed by atoms with van der Waals surface area (Å²) < 4.78 is 0. The molecule has 1 fully saturated rings. The van der Waals surface area contributed by atoms with Gasteiger partial charge in [-0.2, -0.15) is 0 Å². The molecule has 0 atom stereocenters. The van der Waals surface area contributed by atoms with Crippen molar-refractivity contribution in [2.24, 2.45) is 0 Å². The van der Waals surface area contributed by atoms with Gasteiger partial charge in [-0.15, -0.1) is 0 Å². The Hall–Kier alpha value is -0.120. The van der Waals surface area contributed by atoms with E-state index < -0.39 is 0 Å². The van der Waals surface area contributed by atoms with Gasteiger partial charge in [-0.25, -0.2) is 0 Å². The van der Waals surface area contributed by atoms with Crippen molar-refractivity contribution in [2.75, 3.05) is 19.6 Å². The van der Waals surface area contributed by atoms with Gasteiger partial charge in [0, 0.05) is 12.1 Å². The molecule has 0 aromatic carbocycles. The number of nitrogens with zero attached hydrogens (tertiary/aromatic N) is 1. The zero-order valence-electron chi connectivity index (χ0n) is 11.7. The molecule has 0 aromatic heterocycles. The van der Waals surface area contributed by atoms with Crippen molar-refractivity contribution in [1.82, 2.24) is 10.2 Å². The average molecular weight is 230 g/mol. The molecular weight excluding hydrogens is 200 g/mol. The maximum Gasteiger partial charge on any atom is 0.0564 e. The first-order valence-electron chi connectivity index (χ1n) is 6.63. The van der Waals surface area contributed by atoms with E-state index in [4.69, 9.17) is 5.11 Å². The van der Waals surface area contributed by atoms with Crippen molar-refractivity contribution in [3.63, 3.8) is 0 Å². The summed E-state index contributed by atoms with van der Waals surface area (Å²) in [5, 5.41) is 12.0. The summed E-state index contributed by atoms with van der Waals surface area (Å²) >= 11 is 0. The highest BCUT2D eigenvalue weighted by Gasteiger charge is 2.09. The van der Waals surface area contributed by atoms with Crippen LogP contribution in [0.15, 0.2) is 0 Å². The molecular formula is C13H30N2O. The fraction of sp³-hybridized carbons (Fsp3) is 1.00. The Morgan fingerprint density at radius 3 is 1.69 bits per heavy atom. The fourth-order valence-corrected chi connectivity index (χ4v) is 2.13. The average Bonchev–Trinajstić information content (AvgIpc) is 2.19. The normalized spacial score (nSPS) is 17.8. The fourth-order valence-electron chi connectivity index (χ4n) is 2.13. The highest BCUT2D eigenvalue weighted by Crippen LogP contribution is 2.02. The zero-order valence-corrected chi connectivity index (χ0v) is 11.7. The third-order valence-corrected chi connectivity index (χ3v) is 3.00. The number of piperidine rings is 1. The molecule has 0 saturated carbocycles. The highest BCUT2D eigenvalue weighted by atomic mass is 16.3. The predicted octanol–water partition coefficient (Wildman–Crippen LogP) is 1.86. The van der Waals surface area contributed by atoms with Crippen LogP contribution in [0.3, 0.4) is 0 Å². The summed E-state index contributed by atoms with van der Waals surface area (Å²) in [4.78, 5) is 2.46. The molecule has 0 spiro atoms. The first-order valence-corrected chi connectivity index (χ1v) is 6.63. The number of aliphatic hydroxyl groups is 1. The van der Waals surface area contributed by atoms with E-state index in [0.29, 0.717) is 12.1 Å². The summed E-state index contributed by atoms with van der Waals surface area (Å²) in [5.41, 5.74) is 0. The summed E-state index contributed by atoms with van der Waals surface area (Å²) in [6.45, 7) is 14.3. The van der Waals surface area contributed by atoms with Crippen molar-refractivity contribution < 1.29 is 5.11 Å². The van der Waals surface area contributed by atoms with Crippen LogP contribution < -0.4 is 5.32 Å². The van der Waals surface area contributed by atoms with Gasteiger partial charge in [-0.1, -0.05) is 6.92 Å². The Morgan fingerprint density at radius 1 is 1.12 bits per heavy atom. The number of rotatable bonds is 3. The van der Waals surface area contributed by atoms with E-state index in [2.05, 4.69) is 44.8 Å². The van der Waals surface area contributed by atoms with E-state index in [9.17, 15) is 0 Å². The van der Waals surface area contributed by atoms with Crippen LogP contribution in [-0.2, 0) is 0 Å². The van der Waals surface area contributed by atoms with E-state index in [1.165, 1.54) is 0 Å². The Balaban J connectivity index is 0.000000288. The van der Waals surface area contributed by atoms with Gasteiger partial charge in [-0.05, 0) is 60.2 Å². The van der Waals surface area contributed by atoms with Crippen LogP contribution in [0.4, 0.5) is 0 Å². The van der Waals surface area contributed by atoms with Gasteiger partial charge in [0.2, 0.25) is 0 Å². The minimum Gasteiger partial charge on any atom is -0.393 e. The second kappa shape index (κ2) is 8.97. The van der Waals surface area contributed by atoms with Crippen LogP contribution in [0.2, 0.25) is 0 Å². The number of nitrogens with one attached hydrogen (secondary N) is 1. The van der Waals surface area contributed by atoms with Gasteiger partial charge in [0.05, 0.1) is 6.10 Å². The second-order valence-electron chi connectivity index (χ2n) is 5.00. The maximum atomic E-state index is 8.87. The topological polar surface area (TPSA) is 35.5 Å². The molecule has 0 bridgehead atoms. The van der Waals surface area contributed by atoms with Crippen LogP contribution >= 0.6 is 0 Å². The Kier molecular flexibility index (Phi) is 8.90. The molecule has 0 amide bonds.